The minimum Gasteiger partial charge on any atom is -0.352 e. The number of hydrogen-bond acceptors (Lipinski definition) is 3. The quantitative estimate of drug-likeness (QED) is 0.797. The Hall–Kier alpha value is -2.69. The summed E-state index contributed by atoms with van der Waals surface area (Å²) < 4.78 is 0. The maximum absolute atomic E-state index is 11.7. The van der Waals surface area contributed by atoms with E-state index in [1.807, 2.05) is 37.3 Å². The second-order valence-electron chi connectivity index (χ2n) is 5.08. The highest BCUT2D eigenvalue weighted by Crippen LogP contribution is 2.02. The van der Waals surface area contributed by atoms with Gasteiger partial charge >= 0.3 is 0 Å². The summed E-state index contributed by atoms with van der Waals surface area (Å²) in [5.41, 5.74) is 3.08. The Labute approximate surface area is 129 Å². The number of nitrogens with zero attached hydrogens (tertiary/aromatic N) is 1. The predicted octanol–water partition coefficient (Wildman–Crippen LogP) is 1.71. The lowest BCUT2D eigenvalue weighted by atomic mass is 10.1. The molecule has 0 radical (unpaired) electrons. The maximum Gasteiger partial charge on any atom is 0.229 e. The highest BCUT2D eigenvalue weighted by Gasteiger charge is 2.08. The Morgan fingerprint density at radius 1 is 0.955 bits per heavy atom. The van der Waals surface area contributed by atoms with Gasteiger partial charge in [0.15, 0.2) is 0 Å². The molecule has 5 nitrogen and oxygen atoms in total. The van der Waals surface area contributed by atoms with Gasteiger partial charge in [-0.05, 0) is 24.1 Å². The molecule has 0 saturated carbocycles. The topological polar surface area (TPSA) is 71.1 Å². The number of nitrogens with one attached hydrogen (secondary N) is 2. The van der Waals surface area contributed by atoms with Crippen molar-refractivity contribution in [1.29, 1.82) is 0 Å². The molecule has 0 aliphatic heterocycles. The molecule has 2 rings (SSSR count). The number of rotatable bonds is 6. The van der Waals surface area contributed by atoms with Crippen LogP contribution in [0.1, 0.15) is 23.1 Å². The monoisotopic (exact) mass is 297 g/mol. The summed E-state index contributed by atoms with van der Waals surface area (Å²) in [4.78, 5) is 27.4. The van der Waals surface area contributed by atoms with Gasteiger partial charge in [-0.25, -0.2) is 0 Å². The fourth-order valence-electron chi connectivity index (χ4n) is 1.88. The van der Waals surface area contributed by atoms with Gasteiger partial charge in [0.1, 0.15) is 6.42 Å². The summed E-state index contributed by atoms with van der Waals surface area (Å²) in [7, 11) is 0. The molecular weight excluding hydrogens is 278 g/mol. The average Bonchev–Trinajstić information content (AvgIpc) is 2.53. The lowest BCUT2D eigenvalue weighted by molar-refractivity contribution is -0.129. The molecule has 22 heavy (non-hydrogen) atoms. The van der Waals surface area contributed by atoms with Crippen LogP contribution in [0, 0.1) is 6.92 Å². The van der Waals surface area contributed by atoms with Gasteiger partial charge in [0.05, 0.1) is 0 Å². The summed E-state index contributed by atoms with van der Waals surface area (Å²) in [6, 6.07) is 11.6. The predicted molar refractivity (Wildman–Crippen MR) is 83.7 cm³/mol. The molecule has 2 amide bonds. The Balaban J connectivity index is 1.70. The zero-order valence-corrected chi connectivity index (χ0v) is 12.5. The minimum absolute atomic E-state index is 0.174. The van der Waals surface area contributed by atoms with Crippen molar-refractivity contribution >= 4 is 11.8 Å². The fraction of sp³-hybridized carbons (Fsp3) is 0.235. The molecule has 2 aromatic rings. The third kappa shape index (κ3) is 5.36. The van der Waals surface area contributed by atoms with Crippen LogP contribution >= 0.6 is 0 Å². The Morgan fingerprint density at radius 2 is 1.59 bits per heavy atom. The third-order valence-corrected chi connectivity index (χ3v) is 3.14. The molecule has 0 saturated heterocycles. The lowest BCUT2D eigenvalue weighted by Gasteiger charge is -2.07. The molecule has 0 bridgehead atoms. The first-order chi connectivity index (χ1) is 10.6. The normalized spacial score (nSPS) is 10.0. The first-order valence-electron chi connectivity index (χ1n) is 7.11. The maximum atomic E-state index is 11.7. The number of pyridine rings is 1. The van der Waals surface area contributed by atoms with E-state index in [0.29, 0.717) is 13.1 Å². The Morgan fingerprint density at radius 3 is 2.18 bits per heavy atom. The van der Waals surface area contributed by atoms with Crippen LogP contribution in [0.5, 0.6) is 0 Å². The van der Waals surface area contributed by atoms with Gasteiger partial charge in [-0.1, -0.05) is 35.9 Å². The van der Waals surface area contributed by atoms with Crippen LogP contribution in [0.15, 0.2) is 48.8 Å². The van der Waals surface area contributed by atoms with Crippen molar-refractivity contribution in [2.24, 2.45) is 0 Å². The van der Waals surface area contributed by atoms with Crippen molar-refractivity contribution in [2.75, 3.05) is 0 Å². The largest absolute Gasteiger partial charge is 0.352 e. The smallest absolute Gasteiger partial charge is 0.229 e. The van der Waals surface area contributed by atoms with Crippen LogP contribution in [-0.4, -0.2) is 16.8 Å². The zero-order chi connectivity index (χ0) is 15.8. The fourth-order valence-corrected chi connectivity index (χ4v) is 1.88. The summed E-state index contributed by atoms with van der Waals surface area (Å²) in [5.74, 6) is -0.588. The molecule has 5 heteroatoms. The number of benzene rings is 1. The third-order valence-electron chi connectivity index (χ3n) is 3.14. The summed E-state index contributed by atoms with van der Waals surface area (Å²) in [6.45, 7) is 2.81. The molecule has 0 atom stereocenters. The van der Waals surface area contributed by atoms with Gasteiger partial charge in [-0.3, -0.25) is 14.6 Å². The van der Waals surface area contributed by atoms with Gasteiger partial charge in [0, 0.05) is 25.5 Å². The zero-order valence-electron chi connectivity index (χ0n) is 12.5. The molecule has 0 unspecified atom stereocenters. The number of amides is 2. The first kappa shape index (κ1) is 15.7. The number of hydrogen-bond donors (Lipinski definition) is 2. The van der Waals surface area contributed by atoms with Crippen molar-refractivity contribution in [3.63, 3.8) is 0 Å². The molecule has 1 aromatic carbocycles. The van der Waals surface area contributed by atoms with Crippen molar-refractivity contribution in [2.45, 2.75) is 26.4 Å². The van der Waals surface area contributed by atoms with E-state index in [1.54, 1.807) is 18.5 Å². The van der Waals surface area contributed by atoms with E-state index in [4.69, 9.17) is 0 Å². The second-order valence-corrected chi connectivity index (χ2v) is 5.08. The Bertz CT molecular complexity index is 624. The van der Waals surface area contributed by atoms with E-state index in [0.717, 1.165) is 11.1 Å². The van der Waals surface area contributed by atoms with Crippen molar-refractivity contribution in [3.05, 3.63) is 65.5 Å². The average molecular weight is 297 g/mol. The van der Waals surface area contributed by atoms with E-state index in [9.17, 15) is 9.59 Å². The van der Waals surface area contributed by atoms with Gasteiger partial charge in [-0.2, -0.15) is 0 Å². The van der Waals surface area contributed by atoms with Gasteiger partial charge in [0.25, 0.3) is 0 Å². The SMILES string of the molecule is Cc1ccc(CNC(=O)CC(=O)NCc2cccnc2)cc1. The first-order valence-corrected chi connectivity index (χ1v) is 7.11. The van der Waals surface area contributed by atoms with E-state index in [-0.39, 0.29) is 18.2 Å². The van der Waals surface area contributed by atoms with Crippen LogP contribution in [0.4, 0.5) is 0 Å². The van der Waals surface area contributed by atoms with Crippen LogP contribution in [0.2, 0.25) is 0 Å². The number of carbonyl (C=O) groups is 2. The van der Waals surface area contributed by atoms with Gasteiger partial charge in [-0.15, -0.1) is 0 Å². The van der Waals surface area contributed by atoms with Crippen LogP contribution < -0.4 is 10.6 Å². The van der Waals surface area contributed by atoms with Gasteiger partial charge < -0.3 is 10.6 Å². The van der Waals surface area contributed by atoms with Crippen molar-refractivity contribution in [3.8, 4) is 0 Å². The number of aryl methyl sites for hydroxylation is 1. The van der Waals surface area contributed by atoms with Crippen molar-refractivity contribution < 1.29 is 9.59 Å². The molecule has 114 valence electrons. The molecule has 0 aliphatic rings. The van der Waals surface area contributed by atoms with E-state index in [1.165, 1.54) is 5.56 Å². The highest BCUT2D eigenvalue weighted by molar-refractivity contribution is 5.96. The van der Waals surface area contributed by atoms with Crippen LogP contribution in [0.3, 0.4) is 0 Å². The minimum atomic E-state index is -0.301. The summed E-state index contributed by atoms with van der Waals surface area (Å²) >= 11 is 0. The standard InChI is InChI=1S/C17H19N3O2/c1-13-4-6-14(7-5-13)11-19-16(21)9-17(22)20-12-15-3-2-8-18-10-15/h2-8,10H,9,11-12H2,1H3,(H,19,21)(H,20,22). The molecular formula is C17H19N3O2. The van der Waals surface area contributed by atoms with Crippen LogP contribution in [0.25, 0.3) is 0 Å². The van der Waals surface area contributed by atoms with E-state index >= 15 is 0 Å². The number of carbonyl (C=O) groups excluding carboxylic acids is 2. The Kier molecular flexibility index (Phi) is 5.65. The van der Waals surface area contributed by atoms with Crippen molar-refractivity contribution in [1.82, 2.24) is 15.6 Å². The second kappa shape index (κ2) is 7.93. The summed E-state index contributed by atoms with van der Waals surface area (Å²) in [5, 5.41) is 5.43. The van der Waals surface area contributed by atoms with E-state index < -0.39 is 0 Å². The van der Waals surface area contributed by atoms with Gasteiger partial charge in [0.2, 0.25) is 11.8 Å². The number of aromatic nitrogens is 1. The molecule has 1 aromatic heterocycles. The molecule has 2 N–H and O–H groups in total. The molecule has 0 fully saturated rings. The van der Waals surface area contributed by atoms with E-state index in [2.05, 4.69) is 15.6 Å². The van der Waals surface area contributed by atoms with Crippen LogP contribution in [-0.2, 0) is 22.7 Å². The molecule has 1 heterocycles. The highest BCUT2D eigenvalue weighted by atomic mass is 16.2. The lowest BCUT2D eigenvalue weighted by Crippen LogP contribution is -2.31. The molecule has 0 spiro atoms. The summed E-state index contributed by atoms with van der Waals surface area (Å²) in [6.07, 6.45) is 3.17. The molecule has 0 aliphatic carbocycles.